The molecule has 0 fully saturated rings. The maximum Gasteiger partial charge on any atom is 0.326 e. The summed E-state index contributed by atoms with van der Waals surface area (Å²) in [6, 6.07) is 6.15. The van der Waals surface area contributed by atoms with Crippen LogP contribution in [0.1, 0.15) is 37.5 Å². The molecule has 0 radical (unpaired) electrons. The second-order valence-corrected chi connectivity index (χ2v) is 6.01. The van der Waals surface area contributed by atoms with Gasteiger partial charge in [-0.3, -0.25) is 4.79 Å². The van der Waals surface area contributed by atoms with Crippen molar-refractivity contribution < 1.29 is 9.53 Å². The monoisotopic (exact) mass is 263 g/mol. The van der Waals surface area contributed by atoms with E-state index < -0.39 is 5.54 Å². The summed E-state index contributed by atoms with van der Waals surface area (Å²) in [5.41, 5.74) is 8.63. The van der Waals surface area contributed by atoms with Crippen LogP contribution in [-0.2, 0) is 16.0 Å². The number of nitrogens with two attached hydrogens (primary N) is 1. The molecule has 2 N–H and O–H groups in total. The zero-order valence-corrected chi connectivity index (χ0v) is 12.6. The number of aryl methyl sites for hydroxylation is 2. The van der Waals surface area contributed by atoms with Gasteiger partial charge in [-0.25, -0.2) is 0 Å². The molecule has 0 spiro atoms. The highest BCUT2D eigenvalue weighted by atomic mass is 16.5. The summed E-state index contributed by atoms with van der Waals surface area (Å²) in [6.07, 6.45) is 0.491. The van der Waals surface area contributed by atoms with Gasteiger partial charge in [0.1, 0.15) is 5.54 Å². The van der Waals surface area contributed by atoms with Crippen molar-refractivity contribution in [1.82, 2.24) is 0 Å². The van der Waals surface area contributed by atoms with Crippen molar-refractivity contribution in [3.05, 3.63) is 34.9 Å². The van der Waals surface area contributed by atoms with Gasteiger partial charge in [-0.05, 0) is 43.4 Å². The van der Waals surface area contributed by atoms with Gasteiger partial charge in [0.15, 0.2) is 0 Å². The molecule has 0 aliphatic rings. The van der Waals surface area contributed by atoms with Crippen LogP contribution in [0.4, 0.5) is 0 Å². The third-order valence-corrected chi connectivity index (χ3v) is 3.16. The number of hydrogen-bond donors (Lipinski definition) is 1. The quantitative estimate of drug-likeness (QED) is 0.831. The van der Waals surface area contributed by atoms with Gasteiger partial charge in [-0.2, -0.15) is 0 Å². The topological polar surface area (TPSA) is 52.3 Å². The van der Waals surface area contributed by atoms with E-state index in [0.717, 1.165) is 5.56 Å². The zero-order valence-electron chi connectivity index (χ0n) is 12.6. The van der Waals surface area contributed by atoms with Crippen molar-refractivity contribution in [2.75, 3.05) is 6.61 Å². The van der Waals surface area contributed by atoms with Gasteiger partial charge in [0.2, 0.25) is 0 Å². The maximum atomic E-state index is 12.0. The number of hydrogen-bond acceptors (Lipinski definition) is 3. The van der Waals surface area contributed by atoms with Crippen molar-refractivity contribution in [2.24, 2.45) is 11.7 Å². The Kier molecular flexibility index (Phi) is 5.12. The molecule has 1 aromatic carbocycles. The van der Waals surface area contributed by atoms with Gasteiger partial charge >= 0.3 is 5.97 Å². The Labute approximate surface area is 116 Å². The molecule has 1 unspecified atom stereocenters. The van der Waals surface area contributed by atoms with Crippen LogP contribution in [0.2, 0.25) is 0 Å². The molecule has 0 saturated carbocycles. The highest BCUT2D eigenvalue weighted by Gasteiger charge is 2.30. The van der Waals surface area contributed by atoms with Crippen LogP contribution >= 0.6 is 0 Å². The van der Waals surface area contributed by atoms with Gasteiger partial charge < -0.3 is 10.5 Å². The predicted octanol–water partition coefficient (Wildman–Crippen LogP) is 2.76. The van der Waals surface area contributed by atoms with Crippen molar-refractivity contribution in [3.8, 4) is 0 Å². The summed E-state index contributed by atoms with van der Waals surface area (Å²) >= 11 is 0. The molecular weight excluding hydrogens is 238 g/mol. The van der Waals surface area contributed by atoms with E-state index in [4.69, 9.17) is 10.5 Å². The fraction of sp³-hybridized carbons (Fsp3) is 0.562. The van der Waals surface area contributed by atoms with Crippen molar-refractivity contribution in [2.45, 2.75) is 46.6 Å². The molecule has 0 aromatic heterocycles. The summed E-state index contributed by atoms with van der Waals surface area (Å²) in [6.45, 7) is 10.3. The van der Waals surface area contributed by atoms with E-state index in [1.807, 2.05) is 19.9 Å². The van der Waals surface area contributed by atoms with Crippen LogP contribution in [0.25, 0.3) is 0 Å². The Morgan fingerprint density at radius 3 is 2.47 bits per heavy atom. The van der Waals surface area contributed by atoms with Crippen LogP contribution < -0.4 is 5.73 Å². The molecule has 106 valence electrons. The van der Waals surface area contributed by atoms with Crippen LogP contribution in [0.3, 0.4) is 0 Å². The fourth-order valence-electron chi connectivity index (χ4n) is 1.82. The lowest BCUT2D eigenvalue weighted by Gasteiger charge is -2.23. The molecule has 1 atom stereocenters. The van der Waals surface area contributed by atoms with Gasteiger partial charge in [-0.1, -0.05) is 32.0 Å². The van der Waals surface area contributed by atoms with E-state index in [-0.39, 0.29) is 5.97 Å². The largest absolute Gasteiger partial charge is 0.464 e. The minimum absolute atomic E-state index is 0.321. The first-order chi connectivity index (χ1) is 8.72. The number of carbonyl (C=O) groups excluding carboxylic acids is 1. The molecule has 0 bridgehead atoms. The minimum Gasteiger partial charge on any atom is -0.464 e. The van der Waals surface area contributed by atoms with Crippen LogP contribution in [-0.4, -0.2) is 18.1 Å². The lowest BCUT2D eigenvalue weighted by Crippen LogP contribution is -2.48. The first-order valence-corrected chi connectivity index (χ1v) is 6.74. The summed E-state index contributed by atoms with van der Waals surface area (Å²) in [7, 11) is 0. The van der Waals surface area contributed by atoms with Crippen molar-refractivity contribution >= 4 is 5.97 Å². The smallest absolute Gasteiger partial charge is 0.326 e. The molecule has 1 rings (SSSR count). The molecule has 0 aliphatic heterocycles. The first kappa shape index (κ1) is 15.7. The average molecular weight is 263 g/mol. The lowest BCUT2D eigenvalue weighted by atomic mass is 9.92. The number of ether oxygens (including phenoxy) is 1. The van der Waals surface area contributed by atoms with Crippen molar-refractivity contribution in [1.29, 1.82) is 0 Å². The average Bonchev–Trinajstić information content (AvgIpc) is 2.30. The van der Waals surface area contributed by atoms with Gasteiger partial charge in [0.05, 0.1) is 6.61 Å². The molecule has 0 saturated heterocycles. The van der Waals surface area contributed by atoms with Crippen LogP contribution in [0.15, 0.2) is 18.2 Å². The Bertz CT molecular complexity index is 450. The standard InChI is InChI=1S/C16H25NO2/c1-11(2)10-19-15(18)16(5,17)9-14-7-6-12(3)13(4)8-14/h6-8,11H,9-10,17H2,1-5H3. The summed E-state index contributed by atoms with van der Waals surface area (Å²) < 4.78 is 5.23. The molecule has 0 heterocycles. The summed E-state index contributed by atoms with van der Waals surface area (Å²) in [5.74, 6) is -0.0132. The summed E-state index contributed by atoms with van der Waals surface area (Å²) in [5, 5.41) is 0. The SMILES string of the molecule is Cc1ccc(CC(C)(N)C(=O)OCC(C)C)cc1C. The molecule has 3 nitrogen and oxygen atoms in total. The van der Waals surface area contributed by atoms with Crippen LogP contribution in [0, 0.1) is 19.8 Å². The molecule has 19 heavy (non-hydrogen) atoms. The molecule has 3 heteroatoms. The van der Waals surface area contributed by atoms with Crippen LogP contribution in [0.5, 0.6) is 0 Å². The Balaban J connectivity index is 2.72. The zero-order chi connectivity index (χ0) is 14.6. The number of carbonyl (C=O) groups is 1. The number of rotatable bonds is 5. The first-order valence-electron chi connectivity index (χ1n) is 6.74. The van der Waals surface area contributed by atoms with Gasteiger partial charge in [-0.15, -0.1) is 0 Å². The highest BCUT2D eigenvalue weighted by molar-refractivity contribution is 5.80. The van der Waals surface area contributed by atoms with E-state index >= 15 is 0 Å². The third kappa shape index (κ3) is 4.67. The third-order valence-electron chi connectivity index (χ3n) is 3.16. The Morgan fingerprint density at radius 2 is 1.95 bits per heavy atom. The van der Waals surface area contributed by atoms with Crippen molar-refractivity contribution in [3.63, 3.8) is 0 Å². The number of benzene rings is 1. The van der Waals surface area contributed by atoms with E-state index in [9.17, 15) is 4.79 Å². The molecule has 1 aromatic rings. The second kappa shape index (κ2) is 6.20. The highest BCUT2D eigenvalue weighted by Crippen LogP contribution is 2.16. The molecule has 0 amide bonds. The Hall–Kier alpha value is -1.35. The van der Waals surface area contributed by atoms with Gasteiger partial charge in [0.25, 0.3) is 0 Å². The van der Waals surface area contributed by atoms with E-state index in [1.165, 1.54) is 11.1 Å². The maximum absolute atomic E-state index is 12.0. The molecular formula is C16H25NO2. The number of esters is 1. The fourth-order valence-corrected chi connectivity index (χ4v) is 1.82. The Morgan fingerprint density at radius 1 is 1.32 bits per heavy atom. The second-order valence-electron chi connectivity index (χ2n) is 6.01. The van der Waals surface area contributed by atoms with E-state index in [2.05, 4.69) is 26.0 Å². The molecule has 0 aliphatic carbocycles. The van der Waals surface area contributed by atoms with Gasteiger partial charge in [0, 0.05) is 6.42 Å². The normalized spacial score (nSPS) is 14.3. The summed E-state index contributed by atoms with van der Waals surface area (Å²) in [4.78, 5) is 12.0. The minimum atomic E-state index is -0.976. The predicted molar refractivity (Wildman–Crippen MR) is 78.0 cm³/mol. The van der Waals surface area contributed by atoms with E-state index in [1.54, 1.807) is 6.92 Å². The van der Waals surface area contributed by atoms with E-state index in [0.29, 0.717) is 18.9 Å². The lowest BCUT2D eigenvalue weighted by molar-refractivity contribution is -0.150.